The van der Waals surface area contributed by atoms with Crippen LogP contribution in [0.4, 0.5) is 0 Å². The van der Waals surface area contributed by atoms with Crippen molar-refractivity contribution in [3.8, 4) is 11.5 Å². The summed E-state index contributed by atoms with van der Waals surface area (Å²) in [5.74, 6) is 0.298. The molecular weight excluding hydrogens is 372 g/mol. The third-order valence-electron chi connectivity index (χ3n) is 4.24. The van der Waals surface area contributed by atoms with Crippen LogP contribution < -0.4 is 9.47 Å². The Morgan fingerprint density at radius 3 is 2.41 bits per heavy atom. The molecule has 0 saturated carbocycles. The molecule has 0 aliphatic rings. The number of carbonyl (C=O) groups is 1. The predicted octanol–water partition coefficient (Wildman–Crippen LogP) is 3.54. The summed E-state index contributed by atoms with van der Waals surface area (Å²) in [6.07, 6.45) is -1.65. The number of aliphatic hydroxyl groups excluding tert-OH is 1. The van der Waals surface area contributed by atoms with E-state index in [1.807, 2.05) is 38.1 Å². The third-order valence-corrected chi connectivity index (χ3v) is 4.24. The summed E-state index contributed by atoms with van der Waals surface area (Å²) in [6, 6.07) is 13.0. The highest BCUT2D eigenvalue weighted by molar-refractivity contribution is 5.72. The highest BCUT2D eigenvalue weighted by atomic mass is 16.5. The van der Waals surface area contributed by atoms with Crippen molar-refractivity contribution in [3.05, 3.63) is 59.2 Å². The Morgan fingerprint density at radius 1 is 1.03 bits per heavy atom. The van der Waals surface area contributed by atoms with Crippen molar-refractivity contribution in [2.24, 2.45) is 0 Å². The number of ether oxygens (including phenoxy) is 3. The first-order chi connectivity index (χ1) is 13.7. The molecule has 6 heteroatoms. The van der Waals surface area contributed by atoms with Gasteiger partial charge in [0.2, 0.25) is 0 Å². The van der Waals surface area contributed by atoms with E-state index in [0.717, 1.165) is 22.4 Å². The van der Waals surface area contributed by atoms with Gasteiger partial charge in [-0.3, -0.25) is 0 Å². The molecule has 0 aromatic heterocycles. The van der Waals surface area contributed by atoms with Crippen LogP contribution in [0.25, 0.3) is 0 Å². The van der Waals surface area contributed by atoms with Crippen molar-refractivity contribution in [2.75, 3.05) is 13.2 Å². The van der Waals surface area contributed by atoms with Crippen LogP contribution in [0, 0.1) is 13.8 Å². The zero-order valence-corrected chi connectivity index (χ0v) is 17.4. The minimum absolute atomic E-state index is 0.0687. The first-order valence-corrected chi connectivity index (χ1v) is 9.72. The van der Waals surface area contributed by atoms with E-state index in [4.69, 9.17) is 14.2 Å². The van der Waals surface area contributed by atoms with Crippen LogP contribution in [-0.4, -0.2) is 47.7 Å². The molecule has 29 heavy (non-hydrogen) atoms. The molecule has 6 nitrogen and oxygen atoms in total. The lowest BCUT2D eigenvalue weighted by molar-refractivity contribution is -0.153. The van der Waals surface area contributed by atoms with Gasteiger partial charge in [-0.1, -0.05) is 29.8 Å². The fourth-order valence-electron chi connectivity index (χ4n) is 2.89. The monoisotopic (exact) mass is 402 g/mol. The van der Waals surface area contributed by atoms with Gasteiger partial charge in [-0.25, -0.2) is 4.79 Å². The Kier molecular flexibility index (Phi) is 8.49. The zero-order valence-electron chi connectivity index (χ0n) is 17.4. The van der Waals surface area contributed by atoms with Gasteiger partial charge < -0.3 is 24.4 Å². The topological polar surface area (TPSA) is 85.2 Å². The highest BCUT2D eigenvalue weighted by Crippen LogP contribution is 2.19. The number of carboxylic acids is 1. The molecule has 0 bridgehead atoms. The molecule has 2 atom stereocenters. The lowest BCUT2D eigenvalue weighted by atomic mass is 10.1. The van der Waals surface area contributed by atoms with Gasteiger partial charge in [0.25, 0.3) is 0 Å². The van der Waals surface area contributed by atoms with E-state index >= 15 is 0 Å². The standard InChI is InChI=1S/C23H30O6/c1-15(2)29-22(23(25)26)12-18-6-5-7-20(11-18)27-13-19(24)14-28-21-9-8-16(3)10-17(21)4/h5-11,15,19,22,24H,12-14H2,1-4H3,(H,25,26)/t19-,22+/m1/s1. The van der Waals surface area contributed by atoms with E-state index in [9.17, 15) is 15.0 Å². The van der Waals surface area contributed by atoms with Crippen molar-refractivity contribution >= 4 is 5.97 Å². The van der Waals surface area contributed by atoms with Gasteiger partial charge in [-0.2, -0.15) is 0 Å². The third kappa shape index (κ3) is 7.75. The first-order valence-electron chi connectivity index (χ1n) is 9.72. The molecule has 0 spiro atoms. The number of carboxylic acid groups (broad SMARTS) is 1. The Morgan fingerprint density at radius 2 is 1.76 bits per heavy atom. The molecule has 0 saturated heterocycles. The minimum Gasteiger partial charge on any atom is -0.491 e. The minimum atomic E-state index is -0.996. The summed E-state index contributed by atoms with van der Waals surface area (Å²) >= 11 is 0. The van der Waals surface area contributed by atoms with E-state index in [-0.39, 0.29) is 25.7 Å². The Labute approximate surface area is 172 Å². The zero-order chi connectivity index (χ0) is 21.4. The predicted molar refractivity (Wildman–Crippen MR) is 111 cm³/mol. The second kappa shape index (κ2) is 10.8. The number of hydrogen-bond donors (Lipinski definition) is 2. The van der Waals surface area contributed by atoms with Gasteiger partial charge in [0.05, 0.1) is 6.10 Å². The molecule has 0 unspecified atom stereocenters. The lowest BCUT2D eigenvalue weighted by Gasteiger charge is -2.17. The maximum absolute atomic E-state index is 11.4. The molecule has 0 heterocycles. The number of aryl methyl sites for hydroxylation is 2. The number of aliphatic hydroxyl groups is 1. The van der Waals surface area contributed by atoms with Crippen LogP contribution in [0.5, 0.6) is 11.5 Å². The van der Waals surface area contributed by atoms with Gasteiger partial charge >= 0.3 is 5.97 Å². The summed E-state index contributed by atoms with van der Waals surface area (Å²) in [5.41, 5.74) is 2.96. The van der Waals surface area contributed by atoms with Crippen LogP contribution in [0.2, 0.25) is 0 Å². The molecule has 0 aliphatic heterocycles. The molecule has 2 aromatic carbocycles. The maximum Gasteiger partial charge on any atom is 0.333 e. The summed E-state index contributed by atoms with van der Waals surface area (Å²) in [6.45, 7) is 7.77. The van der Waals surface area contributed by atoms with Crippen LogP contribution in [0.3, 0.4) is 0 Å². The Balaban J connectivity index is 1.87. The second-order valence-electron chi connectivity index (χ2n) is 7.41. The normalized spacial score (nSPS) is 13.2. The van der Waals surface area contributed by atoms with Gasteiger partial charge in [-0.05, 0) is 57.0 Å². The summed E-state index contributed by atoms with van der Waals surface area (Å²) in [5, 5.41) is 19.5. The van der Waals surface area contributed by atoms with Crippen molar-refractivity contribution in [3.63, 3.8) is 0 Å². The average molecular weight is 402 g/mol. The molecule has 0 radical (unpaired) electrons. The summed E-state index contributed by atoms with van der Waals surface area (Å²) < 4.78 is 16.8. The Bertz CT molecular complexity index is 802. The lowest BCUT2D eigenvalue weighted by Crippen LogP contribution is -2.29. The van der Waals surface area contributed by atoms with Crippen LogP contribution >= 0.6 is 0 Å². The number of benzene rings is 2. The summed E-state index contributed by atoms with van der Waals surface area (Å²) in [4.78, 5) is 11.4. The van der Waals surface area contributed by atoms with Crippen LogP contribution in [0.1, 0.15) is 30.5 Å². The fraction of sp³-hybridized carbons (Fsp3) is 0.435. The molecule has 2 rings (SSSR count). The van der Waals surface area contributed by atoms with E-state index in [1.165, 1.54) is 0 Å². The number of hydrogen-bond acceptors (Lipinski definition) is 5. The second-order valence-corrected chi connectivity index (χ2v) is 7.41. The largest absolute Gasteiger partial charge is 0.491 e. The van der Waals surface area contributed by atoms with Crippen LogP contribution in [0.15, 0.2) is 42.5 Å². The fourth-order valence-corrected chi connectivity index (χ4v) is 2.89. The number of rotatable bonds is 11. The van der Waals surface area contributed by atoms with Gasteiger partial charge in [-0.15, -0.1) is 0 Å². The molecule has 0 fully saturated rings. The van der Waals surface area contributed by atoms with Gasteiger partial charge in [0.1, 0.15) is 30.8 Å². The molecule has 0 aliphatic carbocycles. The van der Waals surface area contributed by atoms with Crippen molar-refractivity contribution in [1.29, 1.82) is 0 Å². The average Bonchev–Trinajstić information content (AvgIpc) is 2.65. The SMILES string of the molecule is Cc1ccc(OC[C@H](O)COc2cccc(C[C@H](OC(C)C)C(=O)O)c2)c(C)c1. The summed E-state index contributed by atoms with van der Waals surface area (Å²) in [7, 11) is 0. The van der Waals surface area contributed by atoms with Gasteiger partial charge in [0.15, 0.2) is 6.10 Å². The quantitative estimate of drug-likeness (QED) is 0.598. The van der Waals surface area contributed by atoms with Crippen LogP contribution in [-0.2, 0) is 16.0 Å². The molecule has 0 amide bonds. The number of aliphatic carboxylic acids is 1. The molecule has 158 valence electrons. The Hall–Kier alpha value is -2.57. The van der Waals surface area contributed by atoms with Crippen molar-refractivity contribution in [1.82, 2.24) is 0 Å². The van der Waals surface area contributed by atoms with E-state index in [2.05, 4.69) is 0 Å². The molecule has 2 N–H and O–H groups in total. The maximum atomic E-state index is 11.4. The van der Waals surface area contributed by atoms with E-state index in [0.29, 0.717) is 5.75 Å². The molecular formula is C23H30O6. The highest BCUT2D eigenvalue weighted by Gasteiger charge is 2.20. The van der Waals surface area contributed by atoms with Gasteiger partial charge in [0, 0.05) is 6.42 Å². The van der Waals surface area contributed by atoms with Crippen molar-refractivity contribution in [2.45, 2.75) is 52.4 Å². The molecule has 2 aromatic rings. The van der Waals surface area contributed by atoms with E-state index < -0.39 is 18.2 Å². The van der Waals surface area contributed by atoms with Crippen molar-refractivity contribution < 1.29 is 29.2 Å². The smallest absolute Gasteiger partial charge is 0.333 e. The van der Waals surface area contributed by atoms with E-state index in [1.54, 1.807) is 32.0 Å². The first kappa shape index (κ1) is 22.7.